The van der Waals surface area contributed by atoms with E-state index in [-0.39, 0.29) is 18.9 Å². The number of aliphatic hydroxyl groups excluding tert-OH is 5. The lowest BCUT2D eigenvalue weighted by molar-refractivity contribution is -0.302. The molecule has 0 aromatic carbocycles. The summed E-state index contributed by atoms with van der Waals surface area (Å²) in [5.41, 5.74) is 0. The number of ether oxygens (including phenoxy) is 2. The zero-order chi connectivity index (χ0) is 33.1. The SMILES string of the molecule is CC/C=C\C/C=C\C/C=C\C/C=C\CCCCC(=O)NC(COC1OC(CO)C(O)C(O)C1O)C(O)/C=C/CC/C=C/CCC. The fraction of sp³-hybridized carbons (Fsp3) is 0.639. The molecule has 0 spiro atoms. The Morgan fingerprint density at radius 3 is 2.02 bits per heavy atom. The summed E-state index contributed by atoms with van der Waals surface area (Å²) in [6, 6.07) is -0.842. The van der Waals surface area contributed by atoms with Crippen molar-refractivity contribution in [3.05, 3.63) is 72.9 Å². The van der Waals surface area contributed by atoms with Gasteiger partial charge >= 0.3 is 0 Å². The van der Waals surface area contributed by atoms with E-state index in [0.29, 0.717) is 6.42 Å². The Morgan fingerprint density at radius 2 is 1.38 bits per heavy atom. The Balaban J connectivity index is 2.53. The van der Waals surface area contributed by atoms with Gasteiger partial charge in [0.2, 0.25) is 5.91 Å². The number of unbranched alkanes of at least 4 members (excludes halogenated alkanes) is 4. The van der Waals surface area contributed by atoms with Crippen LogP contribution in [0.25, 0.3) is 0 Å². The first-order chi connectivity index (χ1) is 21.8. The topological polar surface area (TPSA) is 149 Å². The predicted molar refractivity (Wildman–Crippen MR) is 179 cm³/mol. The number of hydrogen-bond donors (Lipinski definition) is 6. The molecule has 45 heavy (non-hydrogen) atoms. The summed E-state index contributed by atoms with van der Waals surface area (Å²) >= 11 is 0. The zero-order valence-corrected chi connectivity index (χ0v) is 27.3. The normalized spacial score (nSPS) is 24.3. The second-order valence-corrected chi connectivity index (χ2v) is 11.2. The Bertz CT molecular complexity index is 926. The first-order valence-corrected chi connectivity index (χ1v) is 16.7. The highest BCUT2D eigenvalue weighted by Crippen LogP contribution is 2.22. The molecule has 0 radical (unpaired) electrons. The summed E-state index contributed by atoms with van der Waals surface area (Å²) in [7, 11) is 0. The van der Waals surface area contributed by atoms with E-state index in [9.17, 15) is 30.3 Å². The molecule has 0 bridgehead atoms. The van der Waals surface area contributed by atoms with Crippen LogP contribution in [0.1, 0.15) is 90.9 Å². The van der Waals surface area contributed by atoms with Crippen molar-refractivity contribution in [3.63, 3.8) is 0 Å². The molecule has 1 rings (SSSR count). The number of aliphatic hydroxyl groups is 5. The lowest BCUT2D eigenvalue weighted by Crippen LogP contribution is -2.60. The van der Waals surface area contributed by atoms with Gasteiger partial charge in [0, 0.05) is 6.42 Å². The van der Waals surface area contributed by atoms with Crippen molar-refractivity contribution in [3.8, 4) is 0 Å². The number of amides is 1. The molecule has 7 atom stereocenters. The third kappa shape index (κ3) is 19.0. The first kappa shape index (κ1) is 40.7. The maximum Gasteiger partial charge on any atom is 0.220 e. The van der Waals surface area contributed by atoms with Crippen LogP contribution in [0.4, 0.5) is 0 Å². The predicted octanol–water partition coefficient (Wildman–Crippen LogP) is 4.71. The van der Waals surface area contributed by atoms with Crippen LogP contribution in [0, 0.1) is 0 Å². The summed E-state index contributed by atoms with van der Waals surface area (Å²) in [6.07, 6.45) is 26.9. The molecule has 1 heterocycles. The second-order valence-electron chi connectivity index (χ2n) is 11.2. The molecule has 9 heteroatoms. The van der Waals surface area contributed by atoms with Crippen LogP contribution in [-0.4, -0.2) is 87.5 Å². The number of allylic oxidation sites excluding steroid dienone is 11. The van der Waals surface area contributed by atoms with E-state index in [1.54, 1.807) is 6.08 Å². The molecular formula is C36H59NO8. The molecule has 0 aliphatic carbocycles. The van der Waals surface area contributed by atoms with Crippen LogP contribution in [0.2, 0.25) is 0 Å². The molecular weight excluding hydrogens is 574 g/mol. The van der Waals surface area contributed by atoms with E-state index >= 15 is 0 Å². The van der Waals surface area contributed by atoms with E-state index in [2.05, 4.69) is 79.9 Å². The largest absolute Gasteiger partial charge is 0.394 e. The number of hydrogen-bond acceptors (Lipinski definition) is 8. The lowest BCUT2D eigenvalue weighted by Gasteiger charge is -2.40. The lowest BCUT2D eigenvalue weighted by atomic mass is 9.99. The summed E-state index contributed by atoms with van der Waals surface area (Å²) in [5, 5.41) is 53.4. The van der Waals surface area contributed by atoms with E-state index in [0.717, 1.165) is 64.2 Å². The molecule has 1 saturated heterocycles. The van der Waals surface area contributed by atoms with Crippen molar-refractivity contribution in [1.82, 2.24) is 5.32 Å². The van der Waals surface area contributed by atoms with E-state index in [1.807, 2.05) is 6.08 Å². The average Bonchev–Trinajstić information content (AvgIpc) is 3.04. The molecule has 1 aliphatic rings. The van der Waals surface area contributed by atoms with Gasteiger partial charge < -0.3 is 40.3 Å². The van der Waals surface area contributed by atoms with Gasteiger partial charge in [0.15, 0.2) is 6.29 Å². The van der Waals surface area contributed by atoms with Gasteiger partial charge in [0.25, 0.3) is 0 Å². The van der Waals surface area contributed by atoms with Gasteiger partial charge in [0.05, 0.1) is 25.4 Å². The van der Waals surface area contributed by atoms with Crippen LogP contribution in [0.15, 0.2) is 72.9 Å². The first-order valence-electron chi connectivity index (χ1n) is 16.7. The highest BCUT2D eigenvalue weighted by molar-refractivity contribution is 5.76. The van der Waals surface area contributed by atoms with Crippen molar-refractivity contribution in [2.24, 2.45) is 0 Å². The van der Waals surface area contributed by atoms with Crippen molar-refractivity contribution < 1.29 is 39.8 Å². The standard InChI is InChI=1S/C36H59NO8/c1-3-5-7-9-11-12-13-14-15-16-17-18-20-22-24-26-32(40)37-29(30(39)25-23-21-19-10-8-6-4-2)28-44-36-35(43)34(42)33(41)31(27-38)45-36/h5,7-8,10-12,14-15,17-18,23,25,29-31,33-36,38-39,41-43H,3-4,6,9,13,16,19-22,24,26-28H2,1-2H3,(H,37,40)/b7-5-,10-8+,12-11-,15-14-,18-17-,25-23+. The van der Waals surface area contributed by atoms with Crippen LogP contribution >= 0.6 is 0 Å². The van der Waals surface area contributed by atoms with E-state index < -0.39 is 49.5 Å². The van der Waals surface area contributed by atoms with Crippen LogP contribution in [0.3, 0.4) is 0 Å². The van der Waals surface area contributed by atoms with Gasteiger partial charge in [-0.05, 0) is 64.2 Å². The third-order valence-electron chi connectivity index (χ3n) is 7.25. The van der Waals surface area contributed by atoms with Crippen molar-refractivity contribution in [1.29, 1.82) is 0 Å². The molecule has 1 amide bonds. The van der Waals surface area contributed by atoms with Crippen molar-refractivity contribution >= 4 is 5.91 Å². The molecule has 1 aliphatic heterocycles. The van der Waals surface area contributed by atoms with Crippen LogP contribution in [0.5, 0.6) is 0 Å². The second kappa shape index (κ2) is 26.8. The van der Waals surface area contributed by atoms with Crippen LogP contribution in [-0.2, 0) is 14.3 Å². The minimum Gasteiger partial charge on any atom is -0.394 e. The summed E-state index contributed by atoms with van der Waals surface area (Å²) in [5.74, 6) is -0.238. The van der Waals surface area contributed by atoms with Gasteiger partial charge in [0.1, 0.15) is 24.4 Å². The molecule has 0 saturated carbocycles. The van der Waals surface area contributed by atoms with E-state index in [1.165, 1.54) is 0 Å². The number of carbonyl (C=O) groups excluding carboxylic acids is 1. The van der Waals surface area contributed by atoms with Gasteiger partial charge in [-0.2, -0.15) is 0 Å². The highest BCUT2D eigenvalue weighted by Gasteiger charge is 2.44. The number of carbonyl (C=O) groups is 1. The van der Waals surface area contributed by atoms with Crippen LogP contribution < -0.4 is 5.32 Å². The monoisotopic (exact) mass is 633 g/mol. The zero-order valence-electron chi connectivity index (χ0n) is 27.3. The smallest absolute Gasteiger partial charge is 0.220 e. The highest BCUT2D eigenvalue weighted by atomic mass is 16.7. The Hall–Kier alpha value is -2.37. The van der Waals surface area contributed by atoms with Gasteiger partial charge in [-0.3, -0.25) is 4.79 Å². The maximum absolute atomic E-state index is 12.7. The molecule has 256 valence electrons. The summed E-state index contributed by atoms with van der Waals surface area (Å²) in [6.45, 7) is 3.44. The van der Waals surface area contributed by atoms with Crippen molar-refractivity contribution in [2.45, 2.75) is 134 Å². The fourth-order valence-electron chi connectivity index (χ4n) is 4.52. The molecule has 9 nitrogen and oxygen atoms in total. The molecule has 7 unspecified atom stereocenters. The Labute approximate surface area is 270 Å². The quantitative estimate of drug-likeness (QED) is 0.0662. The minimum absolute atomic E-state index is 0.224. The molecule has 1 fully saturated rings. The maximum atomic E-state index is 12.7. The molecule has 0 aromatic heterocycles. The van der Waals surface area contributed by atoms with Gasteiger partial charge in [-0.1, -0.05) is 93.2 Å². The van der Waals surface area contributed by atoms with Gasteiger partial charge in [-0.15, -0.1) is 0 Å². The third-order valence-corrected chi connectivity index (χ3v) is 7.25. The number of nitrogens with one attached hydrogen (secondary N) is 1. The number of rotatable bonds is 24. The van der Waals surface area contributed by atoms with Crippen molar-refractivity contribution in [2.75, 3.05) is 13.2 Å². The Kier molecular flexibility index (Phi) is 24.2. The molecule has 6 N–H and O–H groups in total. The van der Waals surface area contributed by atoms with Gasteiger partial charge in [-0.25, -0.2) is 0 Å². The molecule has 0 aromatic rings. The fourth-order valence-corrected chi connectivity index (χ4v) is 4.52. The van der Waals surface area contributed by atoms with E-state index in [4.69, 9.17) is 9.47 Å². The summed E-state index contributed by atoms with van der Waals surface area (Å²) in [4.78, 5) is 12.7. The average molecular weight is 634 g/mol. The summed E-state index contributed by atoms with van der Waals surface area (Å²) < 4.78 is 11.0. The Morgan fingerprint density at radius 1 is 0.778 bits per heavy atom. The minimum atomic E-state index is -1.58.